The van der Waals surface area contributed by atoms with Crippen LogP contribution in [0.15, 0.2) is 41.3 Å². The van der Waals surface area contributed by atoms with E-state index >= 15 is 0 Å². The Labute approximate surface area is 217 Å². The highest BCUT2D eigenvalue weighted by Crippen LogP contribution is 2.35. The molecule has 0 aliphatic carbocycles. The first kappa shape index (κ1) is 25.3. The number of aryl methyl sites for hydroxylation is 3. The molecule has 2 fully saturated rings. The van der Waals surface area contributed by atoms with E-state index in [1.807, 2.05) is 13.8 Å². The largest absolute Gasteiger partial charge is 0.376 e. The van der Waals surface area contributed by atoms with Crippen LogP contribution in [-0.2, 0) is 19.6 Å². The van der Waals surface area contributed by atoms with E-state index in [4.69, 9.17) is 9.72 Å². The zero-order valence-corrected chi connectivity index (χ0v) is 22.7. The van der Waals surface area contributed by atoms with Gasteiger partial charge in [-0.2, -0.15) is 4.31 Å². The summed E-state index contributed by atoms with van der Waals surface area (Å²) in [5.41, 5.74) is 4.15. The summed E-state index contributed by atoms with van der Waals surface area (Å²) in [7, 11) is -3.66. The second kappa shape index (κ2) is 10.2. The van der Waals surface area contributed by atoms with Crippen molar-refractivity contribution in [1.29, 1.82) is 0 Å². The van der Waals surface area contributed by atoms with E-state index in [2.05, 4.69) is 19.1 Å². The lowest BCUT2D eigenvalue weighted by Crippen LogP contribution is -2.48. The van der Waals surface area contributed by atoms with Crippen LogP contribution in [0, 0.1) is 26.7 Å². The highest BCUT2D eigenvalue weighted by Gasteiger charge is 2.37. The lowest BCUT2D eigenvalue weighted by atomic mass is 9.98. The molecular weight excluding hydrogens is 494 g/mol. The molecule has 3 heterocycles. The van der Waals surface area contributed by atoms with Crippen LogP contribution in [0.25, 0.3) is 10.2 Å². The minimum absolute atomic E-state index is 0.0286. The molecule has 2 saturated heterocycles. The molecule has 7 nitrogen and oxygen atoms in total. The van der Waals surface area contributed by atoms with Crippen molar-refractivity contribution in [2.45, 2.75) is 57.5 Å². The predicted molar refractivity (Wildman–Crippen MR) is 143 cm³/mol. The number of carbonyl (C=O) groups is 1. The van der Waals surface area contributed by atoms with Gasteiger partial charge < -0.3 is 4.74 Å². The van der Waals surface area contributed by atoms with E-state index < -0.39 is 15.9 Å². The Morgan fingerprint density at radius 2 is 1.83 bits per heavy atom. The van der Waals surface area contributed by atoms with Gasteiger partial charge in [-0.05, 0) is 69.7 Å². The number of rotatable bonds is 6. The van der Waals surface area contributed by atoms with E-state index in [-0.39, 0.29) is 23.5 Å². The van der Waals surface area contributed by atoms with E-state index in [1.165, 1.54) is 15.6 Å². The van der Waals surface area contributed by atoms with Crippen molar-refractivity contribution in [3.63, 3.8) is 0 Å². The minimum Gasteiger partial charge on any atom is -0.376 e. The maximum absolute atomic E-state index is 14.0. The maximum Gasteiger partial charge on any atom is 0.243 e. The molecule has 0 saturated carbocycles. The van der Waals surface area contributed by atoms with Crippen molar-refractivity contribution in [3.8, 4) is 0 Å². The summed E-state index contributed by atoms with van der Waals surface area (Å²) in [6.45, 7) is 7.77. The van der Waals surface area contributed by atoms with Gasteiger partial charge in [0.1, 0.15) is 0 Å². The number of ether oxygens (including phenoxy) is 1. The number of fused-ring (bicyclic) bond motifs is 1. The fourth-order valence-electron chi connectivity index (χ4n) is 5.06. The van der Waals surface area contributed by atoms with Gasteiger partial charge in [0.05, 0.1) is 33.7 Å². The van der Waals surface area contributed by atoms with Gasteiger partial charge in [0.15, 0.2) is 5.13 Å². The van der Waals surface area contributed by atoms with E-state index in [0.29, 0.717) is 37.7 Å². The molecule has 2 unspecified atom stereocenters. The standard InChI is InChI=1S/C27H33N3O4S2/c1-18-8-12-23(13-9-18)36(32,33)29-14-4-6-21(16-29)26(31)30(17-22-7-5-15-34-22)27-28-24-19(2)10-11-20(3)25(24)35-27/h8-13,21-22H,4-7,14-17H2,1-3H3. The molecule has 1 amide bonds. The first-order chi connectivity index (χ1) is 17.2. The Balaban J connectivity index is 1.44. The third kappa shape index (κ3) is 4.94. The number of carbonyl (C=O) groups excluding carboxylic acids is 1. The Morgan fingerprint density at radius 3 is 2.53 bits per heavy atom. The van der Waals surface area contributed by atoms with Crippen molar-refractivity contribution in [1.82, 2.24) is 9.29 Å². The van der Waals surface area contributed by atoms with Gasteiger partial charge in [0.25, 0.3) is 0 Å². The number of thiazole rings is 1. The van der Waals surface area contributed by atoms with Crippen LogP contribution in [0.3, 0.4) is 0 Å². The summed E-state index contributed by atoms with van der Waals surface area (Å²) in [6, 6.07) is 11.0. The van der Waals surface area contributed by atoms with Crippen LogP contribution in [-0.4, -0.2) is 56.0 Å². The van der Waals surface area contributed by atoms with E-state index in [9.17, 15) is 13.2 Å². The third-order valence-corrected chi connectivity index (χ3v) is 10.3. The van der Waals surface area contributed by atoms with Gasteiger partial charge in [-0.25, -0.2) is 13.4 Å². The lowest BCUT2D eigenvalue weighted by Gasteiger charge is -2.34. The topological polar surface area (TPSA) is 79.8 Å². The summed E-state index contributed by atoms with van der Waals surface area (Å²) in [4.78, 5) is 20.9. The Morgan fingerprint density at radius 1 is 1.08 bits per heavy atom. The third-order valence-electron chi connectivity index (χ3n) is 7.23. The highest BCUT2D eigenvalue weighted by atomic mass is 32.2. The predicted octanol–water partition coefficient (Wildman–Crippen LogP) is 4.83. The highest BCUT2D eigenvalue weighted by molar-refractivity contribution is 7.89. The Bertz CT molecular complexity index is 1320. The smallest absolute Gasteiger partial charge is 0.243 e. The second-order valence-corrected chi connectivity index (χ2v) is 12.9. The van der Waals surface area contributed by atoms with Crippen LogP contribution in [0.5, 0.6) is 0 Å². The fraction of sp³-hybridized carbons (Fsp3) is 0.481. The van der Waals surface area contributed by atoms with E-state index in [0.717, 1.165) is 39.7 Å². The van der Waals surface area contributed by atoms with Crippen molar-refractivity contribution in [2.75, 3.05) is 31.1 Å². The van der Waals surface area contributed by atoms with Crippen LogP contribution in [0.1, 0.15) is 42.4 Å². The molecule has 2 atom stereocenters. The monoisotopic (exact) mass is 527 g/mol. The van der Waals surface area contributed by atoms with Gasteiger partial charge in [-0.15, -0.1) is 0 Å². The molecule has 0 radical (unpaired) electrons. The summed E-state index contributed by atoms with van der Waals surface area (Å²) >= 11 is 1.53. The molecule has 192 valence electrons. The molecule has 0 bridgehead atoms. The first-order valence-corrected chi connectivity index (χ1v) is 14.9. The number of hydrogen-bond acceptors (Lipinski definition) is 6. The number of amides is 1. The number of piperidine rings is 1. The minimum atomic E-state index is -3.66. The Kier molecular flexibility index (Phi) is 7.18. The van der Waals surface area contributed by atoms with Gasteiger partial charge in [0, 0.05) is 19.7 Å². The summed E-state index contributed by atoms with van der Waals surface area (Å²) in [6.07, 6.45) is 3.17. The number of hydrogen-bond donors (Lipinski definition) is 0. The Hall–Kier alpha value is -2.33. The van der Waals surface area contributed by atoms with Gasteiger partial charge in [-0.3, -0.25) is 9.69 Å². The van der Waals surface area contributed by atoms with Gasteiger partial charge in [0.2, 0.25) is 15.9 Å². The second-order valence-electron chi connectivity index (χ2n) is 9.97. The number of anilines is 1. The summed E-state index contributed by atoms with van der Waals surface area (Å²) in [5, 5.41) is 0.668. The molecule has 9 heteroatoms. The molecule has 5 rings (SSSR count). The number of nitrogens with zero attached hydrogens (tertiary/aromatic N) is 3. The fourth-order valence-corrected chi connectivity index (χ4v) is 7.71. The van der Waals surface area contributed by atoms with Crippen molar-refractivity contribution in [3.05, 3.63) is 53.1 Å². The molecule has 2 aliphatic heterocycles. The molecule has 36 heavy (non-hydrogen) atoms. The van der Waals surface area contributed by atoms with Crippen molar-refractivity contribution < 1.29 is 17.9 Å². The van der Waals surface area contributed by atoms with Gasteiger partial charge >= 0.3 is 0 Å². The summed E-state index contributed by atoms with van der Waals surface area (Å²) in [5.74, 6) is -0.488. The van der Waals surface area contributed by atoms with Crippen LogP contribution in [0.4, 0.5) is 5.13 Å². The zero-order valence-electron chi connectivity index (χ0n) is 21.1. The van der Waals surface area contributed by atoms with Crippen LogP contribution < -0.4 is 4.90 Å². The molecule has 2 aromatic carbocycles. The average Bonchev–Trinajstić information content (AvgIpc) is 3.56. The molecule has 0 spiro atoms. The quantitative estimate of drug-likeness (QED) is 0.459. The molecule has 1 aromatic heterocycles. The van der Waals surface area contributed by atoms with E-state index in [1.54, 1.807) is 29.2 Å². The maximum atomic E-state index is 14.0. The number of aromatic nitrogens is 1. The SMILES string of the molecule is Cc1ccc(S(=O)(=O)N2CCCC(C(=O)N(CC3CCCO3)c3nc4c(C)ccc(C)c4s3)C2)cc1. The molecular formula is C27H33N3O4S2. The van der Waals surface area contributed by atoms with Crippen LogP contribution in [0.2, 0.25) is 0 Å². The lowest BCUT2D eigenvalue weighted by molar-refractivity contribution is -0.123. The normalized spacial score (nSPS) is 21.2. The molecule has 3 aromatic rings. The number of sulfonamides is 1. The number of benzene rings is 2. The zero-order chi connectivity index (χ0) is 25.4. The van der Waals surface area contributed by atoms with Crippen molar-refractivity contribution in [2.24, 2.45) is 5.92 Å². The van der Waals surface area contributed by atoms with Gasteiger partial charge in [-0.1, -0.05) is 41.2 Å². The molecule has 2 aliphatic rings. The van der Waals surface area contributed by atoms with Crippen molar-refractivity contribution >= 4 is 42.6 Å². The first-order valence-electron chi connectivity index (χ1n) is 12.6. The van der Waals surface area contributed by atoms with Crippen LogP contribution >= 0.6 is 11.3 Å². The molecule has 0 N–H and O–H groups in total. The summed E-state index contributed by atoms with van der Waals surface area (Å²) < 4.78 is 35.1. The average molecular weight is 528 g/mol.